The maximum absolute atomic E-state index is 9.67. The van der Waals surface area contributed by atoms with E-state index in [-0.39, 0.29) is 11.4 Å². The molecular formula is C21H19N3O3. The summed E-state index contributed by atoms with van der Waals surface area (Å²) in [5, 5.41) is 9.67. The fourth-order valence-electron chi connectivity index (χ4n) is 2.91. The average molecular weight is 361 g/mol. The van der Waals surface area contributed by atoms with Crippen molar-refractivity contribution in [2.24, 2.45) is 0 Å². The van der Waals surface area contributed by atoms with E-state index in [4.69, 9.17) is 19.9 Å². The molecule has 0 atom stereocenters. The van der Waals surface area contributed by atoms with Crippen LogP contribution in [0.5, 0.6) is 17.2 Å². The lowest BCUT2D eigenvalue weighted by molar-refractivity contribution is 0.377. The number of hydrogen-bond acceptors (Lipinski definition) is 6. The molecule has 27 heavy (non-hydrogen) atoms. The van der Waals surface area contributed by atoms with Gasteiger partial charge in [0.05, 0.1) is 32.6 Å². The van der Waals surface area contributed by atoms with Gasteiger partial charge in [-0.3, -0.25) is 0 Å². The Balaban J connectivity index is 2.34. The van der Waals surface area contributed by atoms with E-state index in [2.05, 4.69) is 11.1 Å². The van der Waals surface area contributed by atoms with Crippen LogP contribution in [-0.4, -0.2) is 26.3 Å². The van der Waals surface area contributed by atoms with Crippen molar-refractivity contribution in [2.75, 3.05) is 27.1 Å². The summed E-state index contributed by atoms with van der Waals surface area (Å²) in [5.74, 6) is 1.74. The summed E-state index contributed by atoms with van der Waals surface area (Å²) in [6, 6.07) is 17.0. The third-order valence-corrected chi connectivity index (χ3v) is 4.21. The monoisotopic (exact) mass is 361 g/mol. The Morgan fingerprint density at radius 3 is 2.07 bits per heavy atom. The molecule has 6 nitrogen and oxygen atoms in total. The molecule has 0 bridgehead atoms. The van der Waals surface area contributed by atoms with Gasteiger partial charge in [0, 0.05) is 23.3 Å². The van der Waals surface area contributed by atoms with Crippen LogP contribution in [-0.2, 0) is 0 Å². The van der Waals surface area contributed by atoms with E-state index in [1.54, 1.807) is 33.5 Å². The highest BCUT2D eigenvalue weighted by molar-refractivity contribution is 5.87. The standard InChI is InChI=1S/C21H19N3O3/c1-25-14-9-18(26-2)20(19(10-14)27-3)15-11-17(13-7-5-4-6-8-13)24-21(23)16(15)12-22/h4-11H,1-3H3,(H2,23,24). The smallest absolute Gasteiger partial charge is 0.142 e. The van der Waals surface area contributed by atoms with E-state index in [0.29, 0.717) is 34.1 Å². The molecule has 0 spiro atoms. The SMILES string of the molecule is COc1cc(OC)c(-c2cc(-c3ccccc3)nc(N)c2C#N)c(OC)c1. The minimum Gasteiger partial charge on any atom is -0.496 e. The maximum atomic E-state index is 9.67. The number of nitriles is 1. The highest BCUT2D eigenvalue weighted by Gasteiger charge is 2.21. The Labute approximate surface area is 157 Å². The van der Waals surface area contributed by atoms with Gasteiger partial charge in [-0.05, 0) is 6.07 Å². The van der Waals surface area contributed by atoms with Crippen LogP contribution in [0.2, 0.25) is 0 Å². The van der Waals surface area contributed by atoms with Crippen molar-refractivity contribution >= 4 is 5.82 Å². The van der Waals surface area contributed by atoms with Crippen molar-refractivity contribution in [1.82, 2.24) is 4.98 Å². The molecule has 6 heteroatoms. The van der Waals surface area contributed by atoms with Crippen LogP contribution >= 0.6 is 0 Å². The zero-order valence-corrected chi connectivity index (χ0v) is 15.3. The number of aromatic nitrogens is 1. The summed E-state index contributed by atoms with van der Waals surface area (Å²) in [5.41, 5.74) is 9.11. The van der Waals surface area contributed by atoms with E-state index < -0.39 is 0 Å². The third-order valence-electron chi connectivity index (χ3n) is 4.21. The minimum atomic E-state index is 0.147. The average Bonchev–Trinajstić information content (AvgIpc) is 2.72. The highest BCUT2D eigenvalue weighted by atomic mass is 16.5. The molecule has 0 aliphatic carbocycles. The summed E-state index contributed by atoms with van der Waals surface area (Å²) in [6.07, 6.45) is 0. The number of rotatable bonds is 5. The van der Waals surface area contributed by atoms with Gasteiger partial charge in [-0.1, -0.05) is 30.3 Å². The third kappa shape index (κ3) is 3.35. The molecular weight excluding hydrogens is 342 g/mol. The van der Waals surface area contributed by atoms with Crippen molar-refractivity contribution in [1.29, 1.82) is 5.26 Å². The molecule has 2 aromatic carbocycles. The van der Waals surface area contributed by atoms with E-state index in [0.717, 1.165) is 5.56 Å². The molecule has 3 aromatic rings. The number of nitrogen functional groups attached to an aromatic ring is 1. The van der Waals surface area contributed by atoms with Gasteiger partial charge in [-0.2, -0.15) is 5.26 Å². The van der Waals surface area contributed by atoms with Crippen LogP contribution < -0.4 is 19.9 Å². The molecule has 0 saturated carbocycles. The van der Waals surface area contributed by atoms with Crippen LogP contribution in [0.1, 0.15) is 5.56 Å². The fraction of sp³-hybridized carbons (Fsp3) is 0.143. The van der Waals surface area contributed by atoms with Gasteiger partial charge >= 0.3 is 0 Å². The number of anilines is 1. The second-order valence-corrected chi connectivity index (χ2v) is 5.70. The van der Waals surface area contributed by atoms with E-state index in [1.165, 1.54) is 0 Å². The van der Waals surface area contributed by atoms with Crippen molar-refractivity contribution in [2.45, 2.75) is 0 Å². The Morgan fingerprint density at radius 1 is 0.926 bits per heavy atom. The molecule has 0 radical (unpaired) electrons. The molecule has 0 aliphatic heterocycles. The first-order valence-corrected chi connectivity index (χ1v) is 8.19. The van der Waals surface area contributed by atoms with Gasteiger partial charge < -0.3 is 19.9 Å². The lowest BCUT2D eigenvalue weighted by Crippen LogP contribution is -2.02. The predicted octanol–water partition coefficient (Wildman–Crippen LogP) is 3.90. The van der Waals surface area contributed by atoms with Crippen molar-refractivity contribution in [3.05, 3.63) is 54.1 Å². The molecule has 0 amide bonds. The molecule has 136 valence electrons. The lowest BCUT2D eigenvalue weighted by Gasteiger charge is -2.17. The molecule has 1 heterocycles. The predicted molar refractivity (Wildman–Crippen MR) is 104 cm³/mol. The number of ether oxygens (including phenoxy) is 3. The molecule has 0 aliphatic rings. The van der Waals surface area contributed by atoms with Crippen molar-refractivity contribution in [3.8, 4) is 45.7 Å². The van der Waals surface area contributed by atoms with Gasteiger partial charge in [0.2, 0.25) is 0 Å². The summed E-state index contributed by atoms with van der Waals surface area (Å²) < 4.78 is 16.4. The van der Waals surface area contributed by atoms with Gasteiger partial charge in [0.25, 0.3) is 0 Å². The summed E-state index contributed by atoms with van der Waals surface area (Å²) >= 11 is 0. The number of benzene rings is 2. The Morgan fingerprint density at radius 2 is 1.56 bits per heavy atom. The van der Waals surface area contributed by atoms with Crippen LogP contribution in [0, 0.1) is 11.3 Å². The van der Waals surface area contributed by atoms with Gasteiger partial charge in [0.1, 0.15) is 34.7 Å². The molecule has 2 N–H and O–H groups in total. The van der Waals surface area contributed by atoms with Crippen LogP contribution in [0.3, 0.4) is 0 Å². The van der Waals surface area contributed by atoms with E-state index in [1.807, 2.05) is 36.4 Å². The number of pyridine rings is 1. The van der Waals surface area contributed by atoms with Crippen LogP contribution in [0.25, 0.3) is 22.4 Å². The Kier molecular flexibility index (Phi) is 5.13. The number of methoxy groups -OCH3 is 3. The number of nitrogens with zero attached hydrogens (tertiary/aromatic N) is 2. The summed E-state index contributed by atoms with van der Waals surface area (Å²) in [7, 11) is 4.66. The topological polar surface area (TPSA) is 90.4 Å². The van der Waals surface area contributed by atoms with Crippen LogP contribution in [0.4, 0.5) is 5.82 Å². The number of hydrogen-bond donors (Lipinski definition) is 1. The molecule has 1 aromatic heterocycles. The number of nitrogens with two attached hydrogens (primary N) is 1. The van der Waals surface area contributed by atoms with Crippen molar-refractivity contribution in [3.63, 3.8) is 0 Å². The summed E-state index contributed by atoms with van der Waals surface area (Å²) in [4.78, 5) is 4.39. The Hall–Kier alpha value is -3.72. The van der Waals surface area contributed by atoms with Gasteiger partial charge in [-0.25, -0.2) is 4.98 Å². The lowest BCUT2D eigenvalue weighted by atomic mass is 9.96. The first-order valence-electron chi connectivity index (χ1n) is 8.19. The van der Waals surface area contributed by atoms with Crippen LogP contribution in [0.15, 0.2) is 48.5 Å². The fourth-order valence-corrected chi connectivity index (χ4v) is 2.91. The molecule has 0 unspecified atom stereocenters. The first kappa shape index (κ1) is 18.1. The molecule has 0 saturated heterocycles. The van der Waals surface area contributed by atoms with Gasteiger partial charge in [0.15, 0.2) is 0 Å². The molecule has 0 fully saturated rings. The normalized spacial score (nSPS) is 10.1. The minimum absolute atomic E-state index is 0.147. The second-order valence-electron chi connectivity index (χ2n) is 5.70. The zero-order chi connectivity index (χ0) is 19.4. The van der Waals surface area contributed by atoms with Gasteiger partial charge in [-0.15, -0.1) is 0 Å². The zero-order valence-electron chi connectivity index (χ0n) is 15.3. The van der Waals surface area contributed by atoms with Crippen molar-refractivity contribution < 1.29 is 14.2 Å². The maximum Gasteiger partial charge on any atom is 0.142 e. The van der Waals surface area contributed by atoms with E-state index >= 15 is 0 Å². The quantitative estimate of drug-likeness (QED) is 0.741. The first-order chi connectivity index (χ1) is 13.1. The largest absolute Gasteiger partial charge is 0.496 e. The summed E-state index contributed by atoms with van der Waals surface area (Å²) in [6.45, 7) is 0. The highest BCUT2D eigenvalue weighted by Crippen LogP contribution is 2.44. The second kappa shape index (κ2) is 7.67. The Bertz CT molecular complexity index is 986. The van der Waals surface area contributed by atoms with E-state index in [9.17, 15) is 5.26 Å². The molecule has 3 rings (SSSR count).